The smallest absolute Gasteiger partial charge is 0.267 e. The first-order valence-corrected chi connectivity index (χ1v) is 11.2. The molecule has 0 N–H and O–H groups in total. The van der Waals surface area contributed by atoms with E-state index in [0.717, 1.165) is 5.57 Å². The predicted molar refractivity (Wildman–Crippen MR) is 128 cm³/mol. The van der Waals surface area contributed by atoms with Crippen LogP contribution in [0, 0.1) is 0 Å². The van der Waals surface area contributed by atoms with E-state index in [4.69, 9.17) is 4.74 Å². The molecule has 0 saturated heterocycles. The van der Waals surface area contributed by atoms with Crippen LogP contribution in [0.25, 0.3) is 0 Å². The average Bonchev–Trinajstić information content (AvgIpc) is 2.76. The van der Waals surface area contributed by atoms with E-state index in [-0.39, 0.29) is 18.6 Å². The minimum absolute atomic E-state index is 0.0481. The molecule has 0 spiro atoms. The van der Waals surface area contributed by atoms with Gasteiger partial charge in [0.2, 0.25) is 5.96 Å². The second kappa shape index (κ2) is 10.9. The summed E-state index contributed by atoms with van der Waals surface area (Å²) in [5, 5.41) is 0. The van der Waals surface area contributed by atoms with Crippen LogP contribution in [-0.2, 0) is 4.79 Å². The molecular formula is C26H33N3O2. The number of amidine groups is 1. The Labute approximate surface area is 185 Å². The second-order valence-electron chi connectivity index (χ2n) is 8.25. The number of hydrogen-bond donors (Lipinski definition) is 0. The molecule has 5 heteroatoms. The first kappa shape index (κ1) is 22.7. The topological polar surface area (TPSA) is 54.3 Å². The zero-order chi connectivity index (χ0) is 22.2. The number of aliphatic imine (C=N–C) groups is 2. The van der Waals surface area contributed by atoms with E-state index in [0.29, 0.717) is 23.5 Å². The van der Waals surface area contributed by atoms with Crippen LogP contribution >= 0.6 is 0 Å². The third-order valence-corrected chi connectivity index (χ3v) is 5.68. The Hall–Kier alpha value is -2.95. The van der Waals surface area contributed by atoms with Crippen LogP contribution in [-0.4, -0.2) is 35.3 Å². The van der Waals surface area contributed by atoms with Crippen molar-refractivity contribution in [1.29, 1.82) is 0 Å². The fourth-order valence-corrected chi connectivity index (χ4v) is 3.98. The maximum Gasteiger partial charge on any atom is 0.267 e. The largest absolute Gasteiger partial charge is 0.484 e. The summed E-state index contributed by atoms with van der Waals surface area (Å²) in [4.78, 5) is 23.3. The Balaban J connectivity index is 1.58. The van der Waals surface area contributed by atoms with Crippen molar-refractivity contribution in [2.24, 2.45) is 9.98 Å². The molecule has 0 bridgehead atoms. The van der Waals surface area contributed by atoms with Gasteiger partial charge < -0.3 is 4.74 Å². The lowest BCUT2D eigenvalue weighted by atomic mass is 9.84. The molecule has 0 radical (unpaired) electrons. The van der Waals surface area contributed by atoms with Gasteiger partial charge in [0.15, 0.2) is 12.4 Å². The Morgan fingerprint density at radius 2 is 1.87 bits per heavy atom. The zero-order valence-corrected chi connectivity index (χ0v) is 18.9. The summed E-state index contributed by atoms with van der Waals surface area (Å²) >= 11 is 0. The number of rotatable bonds is 8. The van der Waals surface area contributed by atoms with E-state index >= 15 is 0 Å². The molecule has 164 valence electrons. The summed E-state index contributed by atoms with van der Waals surface area (Å²) in [6.45, 7) is 9.58. The molecule has 1 aromatic carbocycles. The van der Waals surface area contributed by atoms with Gasteiger partial charge in [-0.15, -0.1) is 0 Å². The number of nitrogens with zero attached hydrogens (tertiary/aromatic N) is 3. The number of hydrogen-bond acceptors (Lipinski definition) is 4. The average molecular weight is 420 g/mol. The van der Waals surface area contributed by atoms with Gasteiger partial charge in [0, 0.05) is 11.6 Å². The fraction of sp³-hybridized carbons (Fsp3) is 0.423. The van der Waals surface area contributed by atoms with Crippen molar-refractivity contribution in [1.82, 2.24) is 4.90 Å². The summed E-state index contributed by atoms with van der Waals surface area (Å²) in [6.07, 6.45) is 14.0. The van der Waals surface area contributed by atoms with Gasteiger partial charge >= 0.3 is 0 Å². The number of amides is 1. The molecule has 1 heterocycles. The number of allylic oxidation sites excluding steroid dienone is 3. The highest BCUT2D eigenvalue weighted by Gasteiger charge is 2.28. The van der Waals surface area contributed by atoms with Crippen molar-refractivity contribution in [2.75, 3.05) is 6.61 Å². The lowest BCUT2D eigenvalue weighted by Crippen LogP contribution is -2.46. The molecule has 2 aliphatic rings. The number of benzene rings is 1. The van der Waals surface area contributed by atoms with E-state index in [1.54, 1.807) is 11.0 Å². The molecule has 1 amide bonds. The van der Waals surface area contributed by atoms with Gasteiger partial charge in [0.1, 0.15) is 5.75 Å². The summed E-state index contributed by atoms with van der Waals surface area (Å²) in [5.41, 5.74) is 2.20. The van der Waals surface area contributed by atoms with Gasteiger partial charge in [-0.3, -0.25) is 9.69 Å². The molecule has 5 nitrogen and oxygen atoms in total. The number of guanidine groups is 1. The molecule has 1 aromatic rings. The van der Waals surface area contributed by atoms with Crippen molar-refractivity contribution >= 4 is 17.7 Å². The molecule has 3 rings (SSSR count). The van der Waals surface area contributed by atoms with E-state index in [1.165, 1.54) is 37.7 Å². The van der Waals surface area contributed by atoms with Gasteiger partial charge in [-0.2, -0.15) is 9.98 Å². The van der Waals surface area contributed by atoms with Crippen molar-refractivity contribution in [3.8, 4) is 5.75 Å². The van der Waals surface area contributed by atoms with Crippen LogP contribution in [0.5, 0.6) is 5.75 Å². The molecule has 1 fully saturated rings. The van der Waals surface area contributed by atoms with Crippen LogP contribution in [0.3, 0.4) is 0 Å². The third kappa shape index (κ3) is 5.81. The van der Waals surface area contributed by atoms with Crippen molar-refractivity contribution in [3.63, 3.8) is 0 Å². The maximum absolute atomic E-state index is 12.8. The normalized spacial score (nSPS) is 17.2. The van der Waals surface area contributed by atoms with Gasteiger partial charge in [0.05, 0.1) is 0 Å². The van der Waals surface area contributed by atoms with Crippen LogP contribution in [0.4, 0.5) is 0 Å². The van der Waals surface area contributed by atoms with Crippen molar-refractivity contribution < 1.29 is 9.53 Å². The third-order valence-electron chi connectivity index (χ3n) is 5.68. The SMILES string of the molecule is C=C/C(=C\C=C/C)C1=NC(N(C(=O)COc2ccc(C3CCCCC3)cc2)C(C)C)=N1. The lowest BCUT2D eigenvalue weighted by molar-refractivity contribution is -0.130. The highest BCUT2D eigenvalue weighted by Crippen LogP contribution is 2.33. The van der Waals surface area contributed by atoms with E-state index in [1.807, 2.05) is 51.1 Å². The molecule has 0 aromatic heterocycles. The zero-order valence-electron chi connectivity index (χ0n) is 18.9. The van der Waals surface area contributed by atoms with E-state index in [9.17, 15) is 4.79 Å². The Morgan fingerprint density at radius 3 is 2.45 bits per heavy atom. The van der Waals surface area contributed by atoms with Crippen LogP contribution < -0.4 is 4.74 Å². The summed E-state index contributed by atoms with van der Waals surface area (Å²) in [5.74, 6) is 2.21. The van der Waals surface area contributed by atoms with Gasteiger partial charge in [0.25, 0.3) is 5.91 Å². The Kier molecular flexibility index (Phi) is 7.99. The summed E-state index contributed by atoms with van der Waals surface area (Å²) in [6, 6.07) is 8.14. The predicted octanol–water partition coefficient (Wildman–Crippen LogP) is 5.81. The van der Waals surface area contributed by atoms with Crippen LogP contribution in [0.2, 0.25) is 0 Å². The standard InChI is InChI=1S/C26H33N3O2/c1-5-7-11-20(6-2)25-27-26(28-25)29(19(3)4)24(30)18-31-23-16-14-22(15-17-23)21-12-9-8-10-13-21/h5-7,11,14-17,19,21H,2,8-10,12-13,18H2,1,3-4H3/b7-5-,20-11+. The number of carbonyl (C=O) groups excluding carboxylic acids is 1. The van der Waals surface area contributed by atoms with Gasteiger partial charge in [-0.25, -0.2) is 0 Å². The van der Waals surface area contributed by atoms with Crippen LogP contribution in [0.15, 0.2) is 70.7 Å². The molecule has 1 saturated carbocycles. The molecule has 1 aliphatic heterocycles. The van der Waals surface area contributed by atoms with Gasteiger partial charge in [-0.05, 0) is 57.2 Å². The van der Waals surface area contributed by atoms with Crippen molar-refractivity contribution in [2.45, 2.75) is 64.8 Å². The quantitative estimate of drug-likeness (QED) is 0.500. The van der Waals surface area contributed by atoms with Crippen molar-refractivity contribution in [3.05, 3.63) is 66.3 Å². The summed E-state index contributed by atoms with van der Waals surface area (Å²) < 4.78 is 5.78. The highest BCUT2D eigenvalue weighted by atomic mass is 16.5. The fourth-order valence-electron chi connectivity index (χ4n) is 3.98. The second-order valence-corrected chi connectivity index (χ2v) is 8.25. The minimum Gasteiger partial charge on any atom is -0.484 e. The van der Waals surface area contributed by atoms with Crippen LogP contribution in [0.1, 0.15) is 64.4 Å². The lowest BCUT2D eigenvalue weighted by Gasteiger charge is -2.29. The molecule has 1 aliphatic carbocycles. The number of ether oxygens (including phenoxy) is 1. The van der Waals surface area contributed by atoms with E-state index < -0.39 is 0 Å². The maximum atomic E-state index is 12.8. The number of carbonyl (C=O) groups is 1. The summed E-state index contributed by atoms with van der Waals surface area (Å²) in [7, 11) is 0. The van der Waals surface area contributed by atoms with Gasteiger partial charge in [-0.1, -0.05) is 62.3 Å². The highest BCUT2D eigenvalue weighted by molar-refractivity contribution is 6.21. The monoisotopic (exact) mass is 419 g/mol. The molecule has 0 atom stereocenters. The molecule has 0 unspecified atom stereocenters. The molecule has 31 heavy (non-hydrogen) atoms. The first-order chi connectivity index (χ1) is 15.0. The first-order valence-electron chi connectivity index (χ1n) is 11.2. The Morgan fingerprint density at radius 1 is 1.19 bits per heavy atom. The minimum atomic E-state index is -0.162. The Bertz CT molecular complexity index is 901. The van der Waals surface area contributed by atoms with E-state index in [2.05, 4.69) is 28.7 Å². The molecular weight excluding hydrogens is 386 g/mol.